The molecule has 33 heavy (non-hydrogen) atoms. The lowest BCUT2D eigenvalue weighted by atomic mass is 9.91. The number of H-pyrrole nitrogens is 1. The summed E-state index contributed by atoms with van der Waals surface area (Å²) in [4.78, 5) is 28.6. The van der Waals surface area contributed by atoms with Crippen LogP contribution in [0.5, 0.6) is 0 Å². The van der Waals surface area contributed by atoms with E-state index >= 15 is 0 Å². The highest BCUT2D eigenvalue weighted by Crippen LogP contribution is 2.34. The number of aromatic nitrogens is 1. The quantitative estimate of drug-likeness (QED) is 0.498. The van der Waals surface area contributed by atoms with E-state index in [1.165, 1.54) is 18.2 Å². The van der Waals surface area contributed by atoms with Gasteiger partial charge in [0.25, 0.3) is 11.8 Å². The average Bonchev–Trinajstić information content (AvgIpc) is 3.18. The standard InChI is InChI=1S/C23H27FN4O4S/c1-12-20(11-18-17-10-14(24)4-9-19(17)27-22(18)29)25-13(2)21(12)23(30)26-15-5-7-16(8-6-15)28-33(3,31)32/h4,9-11,15-16,25,28H,5-8H2,1-3H3,(H,26,30)(H,27,29)/b18-11-/t15-,16-. The molecule has 2 amide bonds. The summed E-state index contributed by atoms with van der Waals surface area (Å²) in [6, 6.07) is 3.98. The molecular weight excluding hydrogens is 447 g/mol. The molecule has 1 saturated carbocycles. The Balaban J connectivity index is 1.50. The zero-order valence-corrected chi connectivity index (χ0v) is 19.5. The number of halogens is 1. The van der Waals surface area contributed by atoms with E-state index in [2.05, 4.69) is 20.3 Å². The monoisotopic (exact) mass is 474 g/mol. The second kappa shape index (κ2) is 8.75. The molecule has 2 aliphatic rings. The third-order valence-electron chi connectivity index (χ3n) is 6.20. The number of carbonyl (C=O) groups is 2. The lowest BCUT2D eigenvalue weighted by Gasteiger charge is -2.29. The Hall–Kier alpha value is -2.98. The van der Waals surface area contributed by atoms with Crippen molar-refractivity contribution in [1.29, 1.82) is 0 Å². The summed E-state index contributed by atoms with van der Waals surface area (Å²) in [6.45, 7) is 3.59. The largest absolute Gasteiger partial charge is 0.358 e. The number of fused-ring (bicyclic) bond motifs is 1. The zero-order chi connectivity index (χ0) is 23.9. The highest BCUT2D eigenvalue weighted by Gasteiger charge is 2.28. The van der Waals surface area contributed by atoms with E-state index in [9.17, 15) is 22.4 Å². The summed E-state index contributed by atoms with van der Waals surface area (Å²) in [5, 5.41) is 5.77. The number of amides is 2. The molecule has 1 fully saturated rings. The van der Waals surface area contributed by atoms with Crippen LogP contribution >= 0.6 is 0 Å². The fourth-order valence-electron chi connectivity index (χ4n) is 4.62. The van der Waals surface area contributed by atoms with Gasteiger partial charge in [-0.15, -0.1) is 0 Å². The summed E-state index contributed by atoms with van der Waals surface area (Å²) in [6.07, 6.45) is 5.47. The van der Waals surface area contributed by atoms with Crippen LogP contribution in [-0.4, -0.2) is 43.6 Å². The van der Waals surface area contributed by atoms with Gasteiger partial charge in [0.1, 0.15) is 5.82 Å². The van der Waals surface area contributed by atoms with Gasteiger partial charge in [-0.05, 0) is 69.4 Å². The fraction of sp³-hybridized carbons (Fsp3) is 0.391. The first-order valence-corrected chi connectivity index (χ1v) is 12.7. The first kappa shape index (κ1) is 23.2. The third-order valence-corrected chi connectivity index (χ3v) is 6.96. The number of anilines is 1. The molecule has 1 aliphatic heterocycles. The lowest BCUT2D eigenvalue weighted by molar-refractivity contribution is -0.110. The highest BCUT2D eigenvalue weighted by atomic mass is 32.2. The molecule has 0 bridgehead atoms. The van der Waals surface area contributed by atoms with Gasteiger partial charge < -0.3 is 15.6 Å². The molecular formula is C23H27FN4O4S. The van der Waals surface area contributed by atoms with Crippen LogP contribution in [-0.2, 0) is 14.8 Å². The third kappa shape index (κ3) is 5.01. The van der Waals surface area contributed by atoms with Crippen molar-refractivity contribution < 1.29 is 22.4 Å². The van der Waals surface area contributed by atoms with Gasteiger partial charge in [-0.1, -0.05) is 0 Å². The molecule has 2 heterocycles. The maximum absolute atomic E-state index is 13.7. The van der Waals surface area contributed by atoms with Crippen LogP contribution in [0.2, 0.25) is 0 Å². The van der Waals surface area contributed by atoms with E-state index in [1.54, 1.807) is 19.9 Å². The number of benzene rings is 1. The van der Waals surface area contributed by atoms with E-state index in [4.69, 9.17) is 0 Å². The van der Waals surface area contributed by atoms with Crippen molar-refractivity contribution in [3.8, 4) is 0 Å². The Morgan fingerprint density at radius 1 is 1.15 bits per heavy atom. The van der Waals surface area contributed by atoms with Crippen LogP contribution in [0.3, 0.4) is 0 Å². The highest BCUT2D eigenvalue weighted by molar-refractivity contribution is 7.88. The zero-order valence-electron chi connectivity index (χ0n) is 18.7. The second-order valence-electron chi connectivity index (χ2n) is 8.78. The predicted molar refractivity (Wildman–Crippen MR) is 125 cm³/mol. The van der Waals surface area contributed by atoms with Crippen molar-refractivity contribution in [1.82, 2.24) is 15.0 Å². The summed E-state index contributed by atoms with van der Waals surface area (Å²) < 4.78 is 39.2. The Bertz CT molecular complexity index is 1260. The molecule has 176 valence electrons. The van der Waals surface area contributed by atoms with Gasteiger partial charge >= 0.3 is 0 Å². The van der Waals surface area contributed by atoms with E-state index in [1.807, 2.05) is 0 Å². The molecule has 2 aromatic rings. The first-order valence-electron chi connectivity index (χ1n) is 10.8. The van der Waals surface area contributed by atoms with Gasteiger partial charge in [0, 0.05) is 34.7 Å². The molecule has 8 nitrogen and oxygen atoms in total. The Morgan fingerprint density at radius 2 is 1.82 bits per heavy atom. The molecule has 4 rings (SSSR count). The molecule has 4 N–H and O–H groups in total. The predicted octanol–water partition coefficient (Wildman–Crippen LogP) is 2.85. The van der Waals surface area contributed by atoms with Gasteiger partial charge in [0.15, 0.2) is 0 Å². The van der Waals surface area contributed by atoms with Gasteiger partial charge in [-0.3, -0.25) is 9.59 Å². The molecule has 0 spiro atoms. The van der Waals surface area contributed by atoms with Crippen LogP contribution in [0, 0.1) is 19.7 Å². The molecule has 10 heteroatoms. The van der Waals surface area contributed by atoms with Crippen molar-refractivity contribution in [2.45, 2.75) is 51.6 Å². The van der Waals surface area contributed by atoms with Gasteiger partial charge in [-0.25, -0.2) is 17.5 Å². The number of carbonyl (C=O) groups excluding carboxylic acids is 2. The minimum Gasteiger partial charge on any atom is -0.358 e. The van der Waals surface area contributed by atoms with Crippen molar-refractivity contribution in [3.63, 3.8) is 0 Å². The number of hydrogen-bond acceptors (Lipinski definition) is 4. The van der Waals surface area contributed by atoms with Crippen LogP contribution in [0.1, 0.15) is 58.6 Å². The molecule has 0 saturated heterocycles. The number of aromatic amines is 1. The maximum atomic E-state index is 13.7. The second-order valence-corrected chi connectivity index (χ2v) is 10.6. The maximum Gasteiger partial charge on any atom is 0.256 e. The van der Waals surface area contributed by atoms with Gasteiger partial charge in [-0.2, -0.15) is 0 Å². The molecule has 1 aliphatic carbocycles. The van der Waals surface area contributed by atoms with Crippen molar-refractivity contribution >= 4 is 39.2 Å². The summed E-state index contributed by atoms with van der Waals surface area (Å²) in [5.41, 5.74) is 3.85. The van der Waals surface area contributed by atoms with E-state index in [0.717, 1.165) is 6.26 Å². The van der Waals surface area contributed by atoms with E-state index in [0.29, 0.717) is 65.0 Å². The Kier molecular flexibility index (Phi) is 6.15. The first-order chi connectivity index (χ1) is 15.5. The SMILES string of the molecule is Cc1[nH]c(/C=C2\C(=O)Nc3ccc(F)cc32)c(C)c1C(=O)N[C@H]1CC[C@H](NS(C)(=O)=O)CC1. The van der Waals surface area contributed by atoms with Crippen LogP contribution in [0.4, 0.5) is 10.1 Å². The van der Waals surface area contributed by atoms with E-state index in [-0.39, 0.29) is 23.9 Å². The lowest BCUT2D eigenvalue weighted by Crippen LogP contribution is -2.43. The average molecular weight is 475 g/mol. The summed E-state index contributed by atoms with van der Waals surface area (Å²) >= 11 is 0. The van der Waals surface area contributed by atoms with Gasteiger partial charge in [0.05, 0.1) is 17.4 Å². The van der Waals surface area contributed by atoms with Crippen LogP contribution in [0.25, 0.3) is 11.6 Å². The van der Waals surface area contributed by atoms with Crippen molar-refractivity contribution in [2.75, 3.05) is 11.6 Å². The van der Waals surface area contributed by atoms with Gasteiger partial charge in [0.2, 0.25) is 10.0 Å². The van der Waals surface area contributed by atoms with Crippen molar-refractivity contribution in [3.05, 3.63) is 52.1 Å². The molecule has 0 unspecified atom stereocenters. The van der Waals surface area contributed by atoms with Crippen LogP contribution < -0.4 is 15.4 Å². The van der Waals surface area contributed by atoms with Crippen molar-refractivity contribution in [2.24, 2.45) is 0 Å². The normalized spacial score (nSPS) is 21.7. The number of nitrogens with one attached hydrogen (secondary N) is 4. The minimum atomic E-state index is -3.25. The molecule has 0 radical (unpaired) electrons. The number of hydrogen-bond donors (Lipinski definition) is 4. The van der Waals surface area contributed by atoms with E-state index < -0.39 is 15.8 Å². The number of sulfonamides is 1. The fourth-order valence-corrected chi connectivity index (χ4v) is 5.46. The molecule has 1 aromatic carbocycles. The Morgan fingerprint density at radius 3 is 2.48 bits per heavy atom. The Labute approximate surface area is 192 Å². The topological polar surface area (TPSA) is 120 Å². The number of rotatable bonds is 5. The summed E-state index contributed by atoms with van der Waals surface area (Å²) in [5.74, 6) is -0.975. The summed E-state index contributed by atoms with van der Waals surface area (Å²) in [7, 11) is -3.25. The van der Waals surface area contributed by atoms with Crippen LogP contribution in [0.15, 0.2) is 18.2 Å². The smallest absolute Gasteiger partial charge is 0.256 e. The minimum absolute atomic E-state index is 0.0407. The molecule has 0 atom stereocenters. The molecule has 1 aromatic heterocycles. The number of aryl methyl sites for hydroxylation is 1.